The molecule has 3 heteroatoms. The standard InChI is InChI=1S/C22H29NO2/c1-23(2)18-13-15-22(24,16-14-18)20-12-8-7-11-19(20)21(25-3)17-9-5-4-6-10-17/h4-12,18,21,24H,13-16H2,1-3H3/t18-,21?,22-. The van der Waals surface area contributed by atoms with E-state index in [-0.39, 0.29) is 6.10 Å². The van der Waals surface area contributed by atoms with E-state index in [0.29, 0.717) is 6.04 Å². The Morgan fingerprint density at radius 1 is 1.00 bits per heavy atom. The molecule has 1 N–H and O–H groups in total. The predicted molar refractivity (Wildman–Crippen MR) is 102 cm³/mol. The molecular formula is C22H29NO2. The summed E-state index contributed by atoms with van der Waals surface area (Å²) in [5, 5.41) is 11.4. The zero-order chi connectivity index (χ0) is 17.9. The second-order valence-corrected chi connectivity index (χ2v) is 7.34. The average molecular weight is 339 g/mol. The van der Waals surface area contributed by atoms with Gasteiger partial charge in [-0.05, 0) is 56.5 Å². The van der Waals surface area contributed by atoms with Crippen LogP contribution in [0.5, 0.6) is 0 Å². The molecule has 1 atom stereocenters. The monoisotopic (exact) mass is 339 g/mol. The molecule has 2 aromatic rings. The number of hydrogen-bond acceptors (Lipinski definition) is 3. The highest BCUT2D eigenvalue weighted by Crippen LogP contribution is 2.42. The maximum atomic E-state index is 11.4. The summed E-state index contributed by atoms with van der Waals surface area (Å²) in [6.07, 6.45) is 3.45. The van der Waals surface area contributed by atoms with E-state index in [1.807, 2.05) is 30.3 Å². The summed E-state index contributed by atoms with van der Waals surface area (Å²) >= 11 is 0. The number of nitrogens with zero attached hydrogens (tertiary/aromatic N) is 1. The van der Waals surface area contributed by atoms with Gasteiger partial charge in [0.05, 0.1) is 5.60 Å². The summed E-state index contributed by atoms with van der Waals surface area (Å²) in [5.41, 5.74) is 2.43. The van der Waals surface area contributed by atoms with Gasteiger partial charge in [-0.1, -0.05) is 54.6 Å². The Labute approximate surface area is 151 Å². The molecule has 1 aliphatic rings. The van der Waals surface area contributed by atoms with E-state index < -0.39 is 5.60 Å². The molecule has 0 aromatic heterocycles. The van der Waals surface area contributed by atoms with E-state index in [4.69, 9.17) is 4.74 Å². The van der Waals surface area contributed by atoms with Gasteiger partial charge in [0.1, 0.15) is 6.10 Å². The van der Waals surface area contributed by atoms with Crippen LogP contribution in [0.3, 0.4) is 0 Å². The molecule has 1 unspecified atom stereocenters. The van der Waals surface area contributed by atoms with Crippen molar-refractivity contribution < 1.29 is 9.84 Å². The molecule has 1 aliphatic carbocycles. The lowest BCUT2D eigenvalue weighted by Gasteiger charge is -2.40. The molecule has 134 valence electrons. The first-order valence-electron chi connectivity index (χ1n) is 9.11. The molecule has 1 saturated carbocycles. The van der Waals surface area contributed by atoms with Gasteiger partial charge < -0.3 is 14.7 Å². The van der Waals surface area contributed by atoms with E-state index >= 15 is 0 Å². The number of benzene rings is 2. The topological polar surface area (TPSA) is 32.7 Å². The van der Waals surface area contributed by atoms with Gasteiger partial charge in [0.25, 0.3) is 0 Å². The van der Waals surface area contributed by atoms with Crippen molar-refractivity contribution >= 4 is 0 Å². The highest BCUT2D eigenvalue weighted by Gasteiger charge is 2.37. The molecule has 0 spiro atoms. The minimum Gasteiger partial charge on any atom is -0.385 e. The summed E-state index contributed by atoms with van der Waals surface area (Å²) in [6.45, 7) is 0. The Hall–Kier alpha value is -1.68. The van der Waals surface area contributed by atoms with Crippen molar-refractivity contribution in [2.75, 3.05) is 21.2 Å². The van der Waals surface area contributed by atoms with Gasteiger partial charge in [0.15, 0.2) is 0 Å². The number of hydrogen-bond donors (Lipinski definition) is 1. The molecule has 0 bridgehead atoms. The van der Waals surface area contributed by atoms with Crippen LogP contribution in [-0.2, 0) is 10.3 Å². The van der Waals surface area contributed by atoms with Gasteiger partial charge in [-0.25, -0.2) is 0 Å². The van der Waals surface area contributed by atoms with Crippen LogP contribution in [0.1, 0.15) is 48.5 Å². The lowest BCUT2D eigenvalue weighted by atomic mass is 9.75. The quantitative estimate of drug-likeness (QED) is 0.890. The molecule has 0 aliphatic heterocycles. The Bertz CT molecular complexity index is 675. The first-order chi connectivity index (χ1) is 12.0. The van der Waals surface area contributed by atoms with E-state index in [1.54, 1.807) is 7.11 Å². The Morgan fingerprint density at radius 3 is 2.20 bits per heavy atom. The van der Waals surface area contributed by atoms with Crippen molar-refractivity contribution in [3.63, 3.8) is 0 Å². The Kier molecular flexibility index (Phi) is 5.57. The zero-order valence-corrected chi connectivity index (χ0v) is 15.5. The minimum atomic E-state index is -0.769. The number of ether oxygens (including phenoxy) is 1. The van der Waals surface area contributed by atoms with E-state index in [9.17, 15) is 5.11 Å². The molecule has 3 rings (SSSR count). The summed E-state index contributed by atoms with van der Waals surface area (Å²) in [4.78, 5) is 2.27. The Morgan fingerprint density at radius 2 is 1.60 bits per heavy atom. The van der Waals surface area contributed by atoms with Gasteiger partial charge in [0, 0.05) is 13.2 Å². The molecule has 3 nitrogen and oxygen atoms in total. The van der Waals surface area contributed by atoms with Crippen LogP contribution in [0, 0.1) is 0 Å². The van der Waals surface area contributed by atoms with E-state index in [1.165, 1.54) is 0 Å². The van der Waals surface area contributed by atoms with Crippen LogP contribution in [-0.4, -0.2) is 37.3 Å². The second-order valence-electron chi connectivity index (χ2n) is 7.34. The molecule has 25 heavy (non-hydrogen) atoms. The molecular weight excluding hydrogens is 310 g/mol. The third-order valence-electron chi connectivity index (χ3n) is 5.60. The molecule has 0 amide bonds. The molecule has 2 aromatic carbocycles. The van der Waals surface area contributed by atoms with Crippen LogP contribution < -0.4 is 0 Å². The summed E-state index contributed by atoms with van der Waals surface area (Å²) < 4.78 is 5.84. The predicted octanol–water partition coefficient (Wildman–Crippen LogP) is 4.11. The molecule has 0 radical (unpaired) electrons. The van der Waals surface area contributed by atoms with Gasteiger partial charge in [-0.15, -0.1) is 0 Å². The fourth-order valence-electron chi connectivity index (χ4n) is 4.09. The van der Waals surface area contributed by atoms with Crippen molar-refractivity contribution in [1.29, 1.82) is 0 Å². The normalized spacial score (nSPS) is 25.1. The molecule has 0 saturated heterocycles. The highest BCUT2D eigenvalue weighted by atomic mass is 16.5. The van der Waals surface area contributed by atoms with Crippen molar-refractivity contribution in [3.8, 4) is 0 Å². The van der Waals surface area contributed by atoms with Gasteiger partial charge in [-0.2, -0.15) is 0 Å². The number of aliphatic hydroxyl groups is 1. The second kappa shape index (κ2) is 7.69. The third-order valence-corrected chi connectivity index (χ3v) is 5.60. The van der Waals surface area contributed by atoms with Crippen LogP contribution >= 0.6 is 0 Å². The minimum absolute atomic E-state index is 0.159. The van der Waals surface area contributed by atoms with Crippen LogP contribution in [0.2, 0.25) is 0 Å². The molecule has 1 fully saturated rings. The largest absolute Gasteiger partial charge is 0.385 e. The summed E-state index contributed by atoms with van der Waals surface area (Å²) in [5.74, 6) is 0. The van der Waals surface area contributed by atoms with Crippen LogP contribution in [0.15, 0.2) is 54.6 Å². The first-order valence-corrected chi connectivity index (χ1v) is 9.11. The number of methoxy groups -OCH3 is 1. The fourth-order valence-corrected chi connectivity index (χ4v) is 4.09. The fraction of sp³-hybridized carbons (Fsp3) is 0.455. The zero-order valence-electron chi connectivity index (χ0n) is 15.5. The van der Waals surface area contributed by atoms with Crippen molar-refractivity contribution in [2.45, 2.75) is 43.4 Å². The van der Waals surface area contributed by atoms with Crippen LogP contribution in [0.4, 0.5) is 0 Å². The van der Waals surface area contributed by atoms with E-state index in [0.717, 1.165) is 42.4 Å². The third kappa shape index (κ3) is 3.79. The van der Waals surface area contributed by atoms with Gasteiger partial charge >= 0.3 is 0 Å². The highest BCUT2D eigenvalue weighted by molar-refractivity contribution is 5.39. The van der Waals surface area contributed by atoms with Gasteiger partial charge in [-0.3, -0.25) is 0 Å². The van der Waals surface area contributed by atoms with Crippen molar-refractivity contribution in [2.24, 2.45) is 0 Å². The smallest absolute Gasteiger partial charge is 0.108 e. The first kappa shape index (κ1) is 18.1. The van der Waals surface area contributed by atoms with E-state index in [2.05, 4.69) is 43.3 Å². The summed E-state index contributed by atoms with van der Waals surface area (Å²) in [6, 6.07) is 19.0. The van der Waals surface area contributed by atoms with Crippen molar-refractivity contribution in [3.05, 3.63) is 71.3 Å². The van der Waals surface area contributed by atoms with Crippen molar-refractivity contribution in [1.82, 2.24) is 4.90 Å². The number of rotatable bonds is 5. The average Bonchev–Trinajstić information content (AvgIpc) is 2.64. The maximum Gasteiger partial charge on any atom is 0.108 e. The summed E-state index contributed by atoms with van der Waals surface area (Å²) in [7, 11) is 5.99. The molecule has 0 heterocycles. The lowest BCUT2D eigenvalue weighted by Crippen LogP contribution is -2.39. The van der Waals surface area contributed by atoms with Crippen LogP contribution in [0.25, 0.3) is 0 Å². The lowest BCUT2D eigenvalue weighted by molar-refractivity contribution is -0.0214. The van der Waals surface area contributed by atoms with Gasteiger partial charge in [0.2, 0.25) is 0 Å². The maximum absolute atomic E-state index is 11.4. The SMILES string of the molecule is COC(c1ccccc1)c1ccccc1[C@]1(O)CC[C@H](N(C)C)CC1. The Balaban J connectivity index is 1.93.